The number of pyridine rings is 2. The van der Waals surface area contributed by atoms with E-state index in [2.05, 4.69) is 35.3 Å². The number of hydrogen-bond donors (Lipinski definition) is 1. The van der Waals surface area contributed by atoms with Crippen LogP contribution in [-0.4, -0.2) is 46.1 Å². The van der Waals surface area contributed by atoms with Crippen molar-refractivity contribution in [3.05, 3.63) is 30.7 Å². The highest BCUT2D eigenvalue weighted by atomic mass is 16.5. The van der Waals surface area contributed by atoms with Gasteiger partial charge in [-0.2, -0.15) is 5.10 Å². The summed E-state index contributed by atoms with van der Waals surface area (Å²) < 4.78 is 12.8. The molecular weight excluding hydrogens is 330 g/mol. The second kappa shape index (κ2) is 6.92. The molecule has 0 spiro atoms. The van der Waals surface area contributed by atoms with Crippen molar-refractivity contribution in [3.63, 3.8) is 0 Å². The first-order valence-corrected chi connectivity index (χ1v) is 8.87. The smallest absolute Gasteiger partial charge is 0.137 e. The Labute approximate surface area is 152 Å². The molecule has 136 valence electrons. The molecule has 1 aliphatic heterocycles. The Morgan fingerprint density at radius 1 is 1.27 bits per heavy atom. The Bertz CT molecular complexity index is 915. The van der Waals surface area contributed by atoms with Crippen LogP contribution in [0.15, 0.2) is 30.7 Å². The summed E-state index contributed by atoms with van der Waals surface area (Å²) in [5.74, 6) is 0.709. The van der Waals surface area contributed by atoms with Crippen LogP contribution in [0.5, 0.6) is 5.75 Å². The molecule has 0 radical (unpaired) electrons. The van der Waals surface area contributed by atoms with Crippen molar-refractivity contribution in [2.24, 2.45) is 0 Å². The van der Waals surface area contributed by atoms with Gasteiger partial charge in [-0.3, -0.25) is 9.67 Å². The number of aromatic nitrogens is 4. The summed E-state index contributed by atoms with van der Waals surface area (Å²) in [7, 11) is 1.64. The zero-order valence-electron chi connectivity index (χ0n) is 15.3. The van der Waals surface area contributed by atoms with Gasteiger partial charge in [-0.1, -0.05) is 0 Å². The molecule has 0 bridgehead atoms. The highest BCUT2D eigenvalue weighted by molar-refractivity contribution is 5.91. The predicted molar refractivity (Wildman–Crippen MR) is 101 cm³/mol. The van der Waals surface area contributed by atoms with Gasteiger partial charge in [0.25, 0.3) is 0 Å². The first-order valence-electron chi connectivity index (χ1n) is 8.87. The van der Waals surface area contributed by atoms with Crippen LogP contribution in [0.4, 0.5) is 5.69 Å². The molecule has 0 unspecified atom stereocenters. The normalized spacial score (nSPS) is 17.2. The molecule has 1 N–H and O–H groups in total. The fourth-order valence-electron chi connectivity index (χ4n) is 3.25. The lowest BCUT2D eigenvalue weighted by atomic mass is 10.1. The van der Waals surface area contributed by atoms with Crippen molar-refractivity contribution < 1.29 is 9.47 Å². The van der Waals surface area contributed by atoms with E-state index in [0.717, 1.165) is 47.6 Å². The van der Waals surface area contributed by atoms with Crippen molar-refractivity contribution >= 4 is 16.7 Å². The SMILES string of the molecule is COc1cncc(-c2cc(N[C@@H]3CCOC3)c3c(cnn3C(C)C)n2)c1. The Kier molecular flexibility index (Phi) is 4.46. The minimum absolute atomic E-state index is 0.249. The third kappa shape index (κ3) is 3.10. The number of hydrogen-bond acceptors (Lipinski definition) is 6. The van der Waals surface area contributed by atoms with Gasteiger partial charge in [-0.25, -0.2) is 4.98 Å². The van der Waals surface area contributed by atoms with Gasteiger partial charge in [0.15, 0.2) is 0 Å². The number of fused-ring (bicyclic) bond motifs is 1. The minimum atomic E-state index is 0.249. The summed E-state index contributed by atoms with van der Waals surface area (Å²) in [6, 6.07) is 4.56. The van der Waals surface area contributed by atoms with Gasteiger partial charge >= 0.3 is 0 Å². The van der Waals surface area contributed by atoms with Crippen molar-refractivity contribution in [2.45, 2.75) is 32.4 Å². The second-order valence-electron chi connectivity index (χ2n) is 6.79. The van der Waals surface area contributed by atoms with E-state index in [4.69, 9.17) is 14.5 Å². The molecule has 0 saturated carbocycles. The lowest BCUT2D eigenvalue weighted by Gasteiger charge is -2.17. The highest BCUT2D eigenvalue weighted by Gasteiger charge is 2.20. The van der Waals surface area contributed by atoms with Crippen molar-refractivity contribution in [3.8, 4) is 17.0 Å². The van der Waals surface area contributed by atoms with Crippen LogP contribution in [0.25, 0.3) is 22.3 Å². The molecule has 1 aliphatic rings. The fraction of sp³-hybridized carbons (Fsp3) is 0.421. The Morgan fingerprint density at radius 3 is 2.88 bits per heavy atom. The highest BCUT2D eigenvalue weighted by Crippen LogP contribution is 2.31. The lowest BCUT2D eigenvalue weighted by Crippen LogP contribution is -2.20. The Balaban J connectivity index is 1.84. The van der Waals surface area contributed by atoms with Gasteiger partial charge in [0.05, 0.1) is 43.5 Å². The first kappa shape index (κ1) is 16.8. The monoisotopic (exact) mass is 353 g/mol. The third-order valence-electron chi connectivity index (χ3n) is 4.58. The summed E-state index contributed by atoms with van der Waals surface area (Å²) in [5, 5.41) is 8.17. The molecule has 0 amide bonds. The molecule has 1 saturated heterocycles. The average Bonchev–Trinajstić information content (AvgIpc) is 3.31. The molecule has 1 fully saturated rings. The van der Waals surface area contributed by atoms with Crippen molar-refractivity contribution in [2.75, 3.05) is 25.6 Å². The van der Waals surface area contributed by atoms with Gasteiger partial charge in [-0.05, 0) is 32.4 Å². The fourth-order valence-corrected chi connectivity index (χ4v) is 3.25. The maximum atomic E-state index is 5.52. The first-order chi connectivity index (χ1) is 12.7. The van der Waals surface area contributed by atoms with E-state index in [1.807, 2.05) is 16.9 Å². The number of nitrogens with one attached hydrogen (secondary N) is 1. The number of rotatable bonds is 5. The topological polar surface area (TPSA) is 74.1 Å². The van der Waals surface area contributed by atoms with Gasteiger partial charge < -0.3 is 14.8 Å². The van der Waals surface area contributed by atoms with E-state index in [0.29, 0.717) is 11.8 Å². The van der Waals surface area contributed by atoms with Crippen LogP contribution in [0.1, 0.15) is 26.3 Å². The molecule has 0 aromatic carbocycles. The van der Waals surface area contributed by atoms with E-state index in [9.17, 15) is 0 Å². The van der Waals surface area contributed by atoms with Crippen LogP contribution in [-0.2, 0) is 4.74 Å². The molecule has 4 rings (SSSR count). The third-order valence-corrected chi connectivity index (χ3v) is 4.58. The van der Waals surface area contributed by atoms with Gasteiger partial charge in [0.1, 0.15) is 16.8 Å². The van der Waals surface area contributed by atoms with E-state index < -0.39 is 0 Å². The Hall–Kier alpha value is -2.67. The van der Waals surface area contributed by atoms with Crippen molar-refractivity contribution in [1.29, 1.82) is 0 Å². The van der Waals surface area contributed by atoms with Gasteiger partial charge in [-0.15, -0.1) is 0 Å². The van der Waals surface area contributed by atoms with Crippen molar-refractivity contribution in [1.82, 2.24) is 19.7 Å². The zero-order valence-corrected chi connectivity index (χ0v) is 15.3. The van der Waals surface area contributed by atoms with Crippen LogP contribution in [0, 0.1) is 0 Å². The minimum Gasteiger partial charge on any atom is -0.495 e. The number of nitrogens with zero attached hydrogens (tertiary/aromatic N) is 4. The number of ether oxygens (including phenoxy) is 2. The van der Waals surface area contributed by atoms with Gasteiger partial charge in [0.2, 0.25) is 0 Å². The summed E-state index contributed by atoms with van der Waals surface area (Å²) in [6.07, 6.45) is 6.30. The van der Waals surface area contributed by atoms with Gasteiger partial charge in [0, 0.05) is 24.4 Å². The largest absolute Gasteiger partial charge is 0.495 e. The van der Waals surface area contributed by atoms with E-state index >= 15 is 0 Å². The van der Waals surface area contributed by atoms with E-state index in [-0.39, 0.29) is 6.04 Å². The summed E-state index contributed by atoms with van der Waals surface area (Å²) in [4.78, 5) is 9.06. The molecule has 3 aromatic rings. The molecule has 26 heavy (non-hydrogen) atoms. The lowest BCUT2D eigenvalue weighted by molar-refractivity contribution is 0.195. The summed E-state index contributed by atoms with van der Waals surface area (Å²) >= 11 is 0. The standard InChI is InChI=1S/C19H23N5O2/c1-12(2)24-19-17(22-14-4-5-26-11-14)7-16(23-18(19)10-21-24)13-6-15(25-3)9-20-8-13/h6-10,12,14H,4-5,11H2,1-3H3,(H,22,23)/t14-/m1/s1. The molecule has 4 heterocycles. The maximum absolute atomic E-state index is 5.52. The average molecular weight is 353 g/mol. The molecule has 0 aliphatic carbocycles. The molecule has 7 heteroatoms. The number of methoxy groups -OCH3 is 1. The van der Waals surface area contributed by atoms with Crippen LogP contribution in [0.3, 0.4) is 0 Å². The quantitative estimate of drug-likeness (QED) is 0.759. The van der Waals surface area contributed by atoms with Crippen LogP contribution >= 0.6 is 0 Å². The number of anilines is 1. The second-order valence-corrected chi connectivity index (χ2v) is 6.79. The maximum Gasteiger partial charge on any atom is 0.137 e. The molecule has 1 atom stereocenters. The van der Waals surface area contributed by atoms with E-state index in [1.54, 1.807) is 19.5 Å². The van der Waals surface area contributed by atoms with E-state index in [1.165, 1.54) is 0 Å². The molecule has 3 aromatic heterocycles. The van der Waals surface area contributed by atoms with Crippen LogP contribution in [0.2, 0.25) is 0 Å². The summed E-state index contributed by atoms with van der Waals surface area (Å²) in [6.45, 7) is 5.75. The molecular formula is C19H23N5O2. The Morgan fingerprint density at radius 2 is 2.15 bits per heavy atom. The zero-order chi connectivity index (χ0) is 18.1. The predicted octanol–water partition coefficient (Wildman–Crippen LogP) is 3.28. The summed E-state index contributed by atoms with van der Waals surface area (Å²) in [5.41, 5.74) is 4.66. The molecule has 7 nitrogen and oxygen atoms in total. The van der Waals surface area contributed by atoms with Crippen LogP contribution < -0.4 is 10.1 Å².